The minimum atomic E-state index is -5.59. The molecule has 0 heterocycles. The quantitative estimate of drug-likeness (QED) is 0.441. The van der Waals surface area contributed by atoms with Crippen molar-refractivity contribution in [1.29, 1.82) is 0 Å². The molecule has 0 saturated heterocycles. The van der Waals surface area contributed by atoms with Crippen molar-refractivity contribution < 1.29 is 22.0 Å². The SMILES string of the molecule is C[Si](Cl)(Cc1ccccc1)C(F)(F)C(F)(F)F. The summed E-state index contributed by atoms with van der Waals surface area (Å²) in [6.07, 6.45) is -5.59. The fraction of sp³-hybridized carbons (Fsp3) is 0.400. The van der Waals surface area contributed by atoms with E-state index in [2.05, 4.69) is 0 Å². The van der Waals surface area contributed by atoms with Crippen molar-refractivity contribution in [1.82, 2.24) is 0 Å². The van der Waals surface area contributed by atoms with Gasteiger partial charge in [-0.15, -0.1) is 0 Å². The second-order valence-corrected chi connectivity index (χ2v) is 9.81. The van der Waals surface area contributed by atoms with Gasteiger partial charge in [-0.05, 0) is 18.2 Å². The van der Waals surface area contributed by atoms with Crippen LogP contribution in [0.15, 0.2) is 30.3 Å². The predicted octanol–water partition coefficient (Wildman–Crippen LogP) is 4.32. The maximum absolute atomic E-state index is 13.2. The summed E-state index contributed by atoms with van der Waals surface area (Å²) in [6.45, 7) is 0.828. The largest absolute Gasteiger partial charge is 0.450 e. The van der Waals surface area contributed by atoms with Crippen LogP contribution in [0.2, 0.25) is 6.55 Å². The third kappa shape index (κ3) is 2.98. The molecule has 7 heteroatoms. The van der Waals surface area contributed by atoms with Gasteiger partial charge in [0, 0.05) is 0 Å². The number of alkyl halides is 5. The molecule has 0 bridgehead atoms. The number of hydrogen-bond acceptors (Lipinski definition) is 0. The molecule has 1 atom stereocenters. The van der Waals surface area contributed by atoms with E-state index >= 15 is 0 Å². The maximum Gasteiger partial charge on any atom is 0.450 e. The fourth-order valence-electron chi connectivity index (χ4n) is 1.39. The molecule has 1 aromatic rings. The molecule has 1 aromatic carbocycles. The zero-order chi connectivity index (χ0) is 13.3. The summed E-state index contributed by atoms with van der Waals surface area (Å²) in [6, 6.07) is 7.34. The molecule has 0 radical (unpaired) electrons. The number of hydrogen-bond donors (Lipinski definition) is 0. The van der Waals surface area contributed by atoms with Crippen molar-refractivity contribution in [3.63, 3.8) is 0 Å². The van der Waals surface area contributed by atoms with Crippen LogP contribution in [0.3, 0.4) is 0 Å². The lowest BCUT2D eigenvalue weighted by molar-refractivity contribution is -0.246. The lowest BCUT2D eigenvalue weighted by atomic mass is 10.2. The molecule has 0 aliphatic heterocycles. The zero-order valence-corrected chi connectivity index (χ0v) is 10.6. The molecule has 0 aromatic heterocycles. The van der Waals surface area contributed by atoms with Crippen molar-refractivity contribution in [2.75, 3.05) is 0 Å². The van der Waals surface area contributed by atoms with Crippen LogP contribution in [0, 0.1) is 0 Å². The summed E-state index contributed by atoms with van der Waals surface area (Å²) in [5.41, 5.74) is -4.42. The van der Waals surface area contributed by atoms with Crippen LogP contribution in [0.1, 0.15) is 5.56 Å². The lowest BCUT2D eigenvalue weighted by Crippen LogP contribution is -2.57. The zero-order valence-electron chi connectivity index (χ0n) is 8.86. The minimum Gasteiger partial charge on any atom is -0.200 e. The Hall–Kier alpha value is -0.623. The molecule has 0 nitrogen and oxygen atoms in total. The van der Waals surface area contributed by atoms with E-state index < -0.39 is 25.1 Å². The molecular weight excluding hydrogens is 279 g/mol. The van der Waals surface area contributed by atoms with Crippen molar-refractivity contribution in [2.45, 2.75) is 24.3 Å². The average molecular weight is 289 g/mol. The van der Waals surface area contributed by atoms with E-state index in [9.17, 15) is 22.0 Å². The van der Waals surface area contributed by atoms with Gasteiger partial charge in [0.2, 0.25) is 7.38 Å². The van der Waals surface area contributed by atoms with Crippen LogP contribution < -0.4 is 0 Å². The van der Waals surface area contributed by atoms with Crippen LogP contribution in [0.5, 0.6) is 0 Å². The number of rotatable bonds is 3. The Morgan fingerprint density at radius 3 is 1.94 bits per heavy atom. The molecule has 0 fully saturated rings. The van der Waals surface area contributed by atoms with Crippen molar-refractivity contribution in [2.24, 2.45) is 0 Å². The Morgan fingerprint density at radius 1 is 1.06 bits per heavy atom. The van der Waals surface area contributed by atoms with Gasteiger partial charge in [-0.1, -0.05) is 30.3 Å². The Labute approximate surface area is 101 Å². The van der Waals surface area contributed by atoms with Gasteiger partial charge in [-0.3, -0.25) is 0 Å². The minimum absolute atomic E-state index is 0.389. The molecule has 1 unspecified atom stereocenters. The van der Waals surface area contributed by atoms with E-state index in [1.807, 2.05) is 0 Å². The van der Waals surface area contributed by atoms with Crippen LogP contribution in [-0.2, 0) is 6.04 Å². The third-order valence-electron chi connectivity index (χ3n) is 2.39. The molecule has 0 aliphatic carbocycles. The molecule has 1 rings (SSSR count). The van der Waals surface area contributed by atoms with Gasteiger partial charge >= 0.3 is 11.7 Å². The molecular formula is C10H10ClF5Si. The summed E-state index contributed by atoms with van der Waals surface area (Å²) in [5.74, 6) is 0. The second-order valence-electron chi connectivity index (χ2n) is 3.93. The topological polar surface area (TPSA) is 0 Å². The summed E-state index contributed by atoms with van der Waals surface area (Å²) in [5, 5.41) is 0. The average Bonchev–Trinajstić information content (AvgIpc) is 2.16. The first kappa shape index (κ1) is 14.4. The molecule has 0 amide bonds. The van der Waals surface area contributed by atoms with E-state index in [1.54, 1.807) is 18.2 Å². The van der Waals surface area contributed by atoms with Crippen molar-refractivity contribution in [3.05, 3.63) is 35.9 Å². The van der Waals surface area contributed by atoms with E-state index in [4.69, 9.17) is 11.1 Å². The van der Waals surface area contributed by atoms with Gasteiger partial charge in [0.1, 0.15) is 0 Å². The molecule has 0 aliphatic rings. The number of halogens is 6. The molecule has 17 heavy (non-hydrogen) atoms. The van der Waals surface area contributed by atoms with Crippen LogP contribution in [-0.4, -0.2) is 19.1 Å². The van der Waals surface area contributed by atoms with Crippen LogP contribution >= 0.6 is 11.1 Å². The highest BCUT2D eigenvalue weighted by Crippen LogP contribution is 2.45. The second kappa shape index (κ2) is 4.57. The van der Waals surface area contributed by atoms with E-state index in [0.29, 0.717) is 5.56 Å². The van der Waals surface area contributed by atoms with Crippen molar-refractivity contribution >= 4 is 18.5 Å². The highest BCUT2D eigenvalue weighted by molar-refractivity contribution is 7.20. The summed E-state index contributed by atoms with van der Waals surface area (Å²) in [7, 11) is -4.29. The highest BCUT2D eigenvalue weighted by atomic mass is 35.6. The molecule has 96 valence electrons. The summed E-state index contributed by atoms with van der Waals surface area (Å²) < 4.78 is 63.1. The standard InChI is InChI=1S/C10H10ClF5Si/c1-17(11,10(15,16)9(12,13)14)7-8-5-3-2-4-6-8/h2-6H,7H2,1H3. The van der Waals surface area contributed by atoms with Gasteiger partial charge in [-0.25, -0.2) is 0 Å². The van der Waals surface area contributed by atoms with E-state index in [1.165, 1.54) is 12.1 Å². The molecule has 0 spiro atoms. The van der Waals surface area contributed by atoms with Gasteiger partial charge in [-0.2, -0.15) is 33.0 Å². The first-order chi connectivity index (χ1) is 7.58. The first-order valence-corrected chi connectivity index (χ1v) is 8.47. The summed E-state index contributed by atoms with van der Waals surface area (Å²) in [4.78, 5) is 0. The van der Waals surface area contributed by atoms with Crippen LogP contribution in [0.25, 0.3) is 0 Å². The van der Waals surface area contributed by atoms with E-state index in [0.717, 1.165) is 6.55 Å². The third-order valence-corrected chi connectivity index (χ3v) is 6.17. The van der Waals surface area contributed by atoms with E-state index in [-0.39, 0.29) is 0 Å². The maximum atomic E-state index is 13.2. The van der Waals surface area contributed by atoms with Crippen LogP contribution in [0.4, 0.5) is 22.0 Å². The Balaban J connectivity index is 2.96. The summed E-state index contributed by atoms with van der Waals surface area (Å²) >= 11 is 5.52. The van der Waals surface area contributed by atoms with Gasteiger partial charge in [0.15, 0.2) is 0 Å². The Kier molecular flexibility index (Phi) is 3.88. The smallest absolute Gasteiger partial charge is 0.200 e. The predicted molar refractivity (Wildman–Crippen MR) is 58.6 cm³/mol. The normalized spacial score (nSPS) is 16.6. The molecule has 0 saturated carbocycles. The monoisotopic (exact) mass is 288 g/mol. The fourth-order valence-corrected chi connectivity index (χ4v) is 3.99. The Bertz CT molecular complexity index is 374. The van der Waals surface area contributed by atoms with Gasteiger partial charge in [0.25, 0.3) is 0 Å². The highest BCUT2D eigenvalue weighted by Gasteiger charge is 2.68. The Morgan fingerprint density at radius 2 is 1.53 bits per heavy atom. The lowest BCUT2D eigenvalue weighted by Gasteiger charge is -2.31. The molecule has 0 N–H and O–H groups in total. The first-order valence-electron chi connectivity index (χ1n) is 4.75. The van der Waals surface area contributed by atoms with Crippen molar-refractivity contribution in [3.8, 4) is 0 Å². The van der Waals surface area contributed by atoms with Gasteiger partial charge < -0.3 is 0 Å². The van der Waals surface area contributed by atoms with Gasteiger partial charge in [0.05, 0.1) is 0 Å². The number of benzene rings is 1.